The Morgan fingerprint density at radius 2 is 1.86 bits per heavy atom. The van der Waals surface area contributed by atoms with E-state index in [4.69, 9.17) is 8.83 Å². The molecule has 0 saturated carbocycles. The number of carbonyl (C=O) groups excluding carboxylic acids is 2. The van der Waals surface area contributed by atoms with Crippen LogP contribution in [0.4, 0.5) is 0 Å². The maximum atomic E-state index is 13.2. The molecule has 0 aliphatic carbocycles. The number of hydrogen-bond donors (Lipinski definition) is 0. The van der Waals surface area contributed by atoms with Gasteiger partial charge in [-0.05, 0) is 24.6 Å². The van der Waals surface area contributed by atoms with Crippen molar-refractivity contribution in [3.05, 3.63) is 71.8 Å². The van der Waals surface area contributed by atoms with E-state index in [-0.39, 0.29) is 18.4 Å². The molecule has 8 nitrogen and oxygen atoms in total. The van der Waals surface area contributed by atoms with Gasteiger partial charge in [0.05, 0.1) is 18.4 Å². The molecule has 28 heavy (non-hydrogen) atoms. The quantitative estimate of drug-likeness (QED) is 0.694. The second-order valence-electron chi connectivity index (χ2n) is 6.66. The molecular formula is C20H20N4O4. The van der Waals surface area contributed by atoms with Gasteiger partial charge in [-0.25, -0.2) is 0 Å². The predicted molar refractivity (Wildman–Crippen MR) is 98.5 cm³/mol. The van der Waals surface area contributed by atoms with Gasteiger partial charge in [-0.15, -0.1) is 10.2 Å². The summed E-state index contributed by atoms with van der Waals surface area (Å²) in [5.74, 6) is 0.468. The van der Waals surface area contributed by atoms with Crippen molar-refractivity contribution in [2.45, 2.75) is 19.4 Å². The molecule has 1 unspecified atom stereocenters. The topological polar surface area (TPSA) is 92.7 Å². The van der Waals surface area contributed by atoms with Crippen LogP contribution in [-0.2, 0) is 0 Å². The highest BCUT2D eigenvalue weighted by Gasteiger charge is 2.35. The Morgan fingerprint density at radius 3 is 2.54 bits per heavy atom. The summed E-state index contributed by atoms with van der Waals surface area (Å²) >= 11 is 0. The Labute approximate surface area is 161 Å². The lowest BCUT2D eigenvalue weighted by Gasteiger charge is -2.29. The number of benzene rings is 1. The molecule has 144 valence electrons. The molecule has 1 fully saturated rings. The van der Waals surface area contributed by atoms with Crippen molar-refractivity contribution in [2.75, 3.05) is 19.6 Å². The Balaban J connectivity index is 1.66. The van der Waals surface area contributed by atoms with Crippen LogP contribution < -0.4 is 0 Å². The number of hydrogen-bond acceptors (Lipinski definition) is 6. The molecule has 1 aliphatic rings. The van der Waals surface area contributed by atoms with E-state index in [2.05, 4.69) is 10.2 Å². The van der Waals surface area contributed by atoms with Gasteiger partial charge in [0.2, 0.25) is 11.8 Å². The first-order chi connectivity index (χ1) is 13.6. The van der Waals surface area contributed by atoms with Crippen molar-refractivity contribution in [3.8, 4) is 0 Å². The van der Waals surface area contributed by atoms with E-state index in [9.17, 15) is 9.59 Å². The molecule has 2 amide bonds. The fraction of sp³-hybridized carbons (Fsp3) is 0.300. The van der Waals surface area contributed by atoms with Gasteiger partial charge in [0.1, 0.15) is 12.3 Å². The molecule has 2 aromatic heterocycles. The Kier molecular flexibility index (Phi) is 4.92. The van der Waals surface area contributed by atoms with Crippen LogP contribution in [0.25, 0.3) is 0 Å². The van der Waals surface area contributed by atoms with Crippen molar-refractivity contribution in [1.82, 2.24) is 20.0 Å². The molecule has 8 heteroatoms. The fourth-order valence-electron chi connectivity index (χ4n) is 3.39. The van der Waals surface area contributed by atoms with Crippen LogP contribution in [0.1, 0.15) is 45.0 Å². The monoisotopic (exact) mass is 380 g/mol. The summed E-state index contributed by atoms with van der Waals surface area (Å²) in [6.07, 6.45) is 3.53. The number of aryl methyl sites for hydroxylation is 1. The van der Waals surface area contributed by atoms with Gasteiger partial charge < -0.3 is 18.6 Å². The third-order valence-corrected chi connectivity index (χ3v) is 4.76. The molecule has 0 N–H and O–H groups in total. The van der Waals surface area contributed by atoms with Crippen LogP contribution >= 0.6 is 0 Å². The minimum Gasteiger partial charge on any atom is -0.472 e. The first kappa shape index (κ1) is 18.0. The van der Waals surface area contributed by atoms with E-state index in [1.165, 1.54) is 12.5 Å². The average Bonchev–Trinajstić information content (AvgIpc) is 3.35. The first-order valence-corrected chi connectivity index (χ1v) is 9.11. The lowest BCUT2D eigenvalue weighted by Crippen LogP contribution is -2.40. The molecular weight excluding hydrogens is 360 g/mol. The van der Waals surface area contributed by atoms with Gasteiger partial charge in [0.15, 0.2) is 0 Å². The lowest BCUT2D eigenvalue weighted by molar-refractivity contribution is 0.0599. The van der Waals surface area contributed by atoms with E-state index < -0.39 is 6.04 Å². The summed E-state index contributed by atoms with van der Waals surface area (Å²) in [5.41, 5.74) is 1.06. The molecule has 3 aromatic rings. The zero-order chi connectivity index (χ0) is 19.5. The maximum Gasteiger partial charge on any atom is 0.257 e. The Hall–Kier alpha value is -3.42. The predicted octanol–water partition coefficient (Wildman–Crippen LogP) is 2.70. The first-order valence-electron chi connectivity index (χ1n) is 9.11. The number of nitrogens with zero attached hydrogens (tertiary/aromatic N) is 4. The van der Waals surface area contributed by atoms with E-state index in [0.717, 1.165) is 0 Å². The molecule has 1 aliphatic heterocycles. The summed E-state index contributed by atoms with van der Waals surface area (Å²) < 4.78 is 10.7. The molecule has 0 radical (unpaired) electrons. The van der Waals surface area contributed by atoms with Crippen LogP contribution in [0.2, 0.25) is 0 Å². The summed E-state index contributed by atoms with van der Waals surface area (Å²) in [6.45, 7) is 2.97. The van der Waals surface area contributed by atoms with Gasteiger partial charge in [0.25, 0.3) is 11.8 Å². The summed E-state index contributed by atoms with van der Waals surface area (Å²) in [6, 6.07) is 10.2. The zero-order valence-corrected chi connectivity index (χ0v) is 15.4. The second kappa shape index (κ2) is 7.67. The normalized spacial score (nSPS) is 17.4. The highest BCUT2D eigenvalue weighted by molar-refractivity contribution is 5.95. The SMILES string of the molecule is Cc1nnc(C2CN(C(=O)c3ccoc3)CCCN2C(=O)c2ccccc2)o1. The number of carbonyl (C=O) groups is 2. The third-order valence-electron chi connectivity index (χ3n) is 4.76. The summed E-state index contributed by atoms with van der Waals surface area (Å²) in [7, 11) is 0. The number of furan rings is 1. The van der Waals surface area contributed by atoms with Gasteiger partial charge in [-0.3, -0.25) is 9.59 Å². The van der Waals surface area contributed by atoms with Crippen molar-refractivity contribution in [1.29, 1.82) is 0 Å². The molecule has 1 saturated heterocycles. The molecule has 4 rings (SSSR count). The fourth-order valence-corrected chi connectivity index (χ4v) is 3.39. The highest BCUT2D eigenvalue weighted by atomic mass is 16.4. The van der Waals surface area contributed by atoms with Gasteiger partial charge in [-0.1, -0.05) is 18.2 Å². The standard InChI is InChI=1S/C20H20N4O4/c1-14-21-22-18(28-14)17-12-23(19(25)16-8-11-27-13-16)9-5-10-24(17)20(26)15-6-3-2-4-7-15/h2-4,6-8,11,13,17H,5,9-10,12H2,1H3. The highest BCUT2D eigenvalue weighted by Crippen LogP contribution is 2.27. The maximum absolute atomic E-state index is 13.2. The molecule has 3 heterocycles. The third kappa shape index (κ3) is 3.53. The largest absolute Gasteiger partial charge is 0.472 e. The Morgan fingerprint density at radius 1 is 1.04 bits per heavy atom. The molecule has 1 aromatic carbocycles. The van der Waals surface area contributed by atoms with Gasteiger partial charge in [0, 0.05) is 25.6 Å². The van der Waals surface area contributed by atoms with Crippen LogP contribution in [0, 0.1) is 6.92 Å². The van der Waals surface area contributed by atoms with Crippen LogP contribution in [0.5, 0.6) is 0 Å². The van der Waals surface area contributed by atoms with Crippen molar-refractivity contribution >= 4 is 11.8 Å². The van der Waals surface area contributed by atoms with Crippen LogP contribution in [0.15, 0.2) is 57.8 Å². The molecule has 1 atom stereocenters. The van der Waals surface area contributed by atoms with Crippen molar-refractivity contribution in [2.24, 2.45) is 0 Å². The van der Waals surface area contributed by atoms with Crippen molar-refractivity contribution in [3.63, 3.8) is 0 Å². The number of rotatable bonds is 3. The lowest BCUT2D eigenvalue weighted by atomic mass is 10.1. The molecule has 0 spiro atoms. The smallest absolute Gasteiger partial charge is 0.257 e. The van der Waals surface area contributed by atoms with E-state index in [0.29, 0.717) is 42.4 Å². The summed E-state index contributed by atoms with van der Waals surface area (Å²) in [5, 5.41) is 8.03. The van der Waals surface area contributed by atoms with E-state index in [1.54, 1.807) is 34.9 Å². The van der Waals surface area contributed by atoms with Crippen LogP contribution in [0.3, 0.4) is 0 Å². The second-order valence-corrected chi connectivity index (χ2v) is 6.66. The van der Waals surface area contributed by atoms with Gasteiger partial charge >= 0.3 is 0 Å². The average molecular weight is 380 g/mol. The molecule has 0 bridgehead atoms. The Bertz CT molecular complexity index is 952. The van der Waals surface area contributed by atoms with E-state index >= 15 is 0 Å². The number of amides is 2. The van der Waals surface area contributed by atoms with Crippen LogP contribution in [-0.4, -0.2) is 51.4 Å². The minimum absolute atomic E-state index is 0.126. The zero-order valence-electron chi connectivity index (χ0n) is 15.4. The summed E-state index contributed by atoms with van der Waals surface area (Å²) in [4.78, 5) is 29.4. The van der Waals surface area contributed by atoms with Crippen molar-refractivity contribution < 1.29 is 18.4 Å². The minimum atomic E-state index is -0.521. The van der Waals surface area contributed by atoms with Gasteiger partial charge in [-0.2, -0.15) is 0 Å². The van der Waals surface area contributed by atoms with E-state index in [1.807, 2.05) is 18.2 Å². The number of aromatic nitrogens is 2.